The van der Waals surface area contributed by atoms with E-state index < -0.39 is 5.91 Å². The standard InChI is InChI=1S/C17H17N9O2S/c1-25-13-10(14-16(25)23-12(29-14)4-8(19)2-3-18)6-22-26(17(13)28)7-11-9(15(20)27)5-21-24-11/h2-3,5-6,18H,4,7,19H2,1H3,(H2,20,27)(H,21,24). The van der Waals surface area contributed by atoms with Gasteiger partial charge >= 0.3 is 0 Å². The first-order chi connectivity index (χ1) is 13.9. The fourth-order valence-corrected chi connectivity index (χ4v) is 4.30. The van der Waals surface area contributed by atoms with Crippen LogP contribution in [0.2, 0.25) is 0 Å². The third-order valence-electron chi connectivity index (χ3n) is 4.51. The Morgan fingerprint density at radius 3 is 2.90 bits per heavy atom. The van der Waals surface area contributed by atoms with Crippen LogP contribution in [-0.2, 0) is 20.0 Å². The van der Waals surface area contributed by atoms with Crippen molar-refractivity contribution in [3.05, 3.63) is 50.8 Å². The minimum absolute atomic E-state index is 0.0372. The van der Waals surface area contributed by atoms with Crippen molar-refractivity contribution in [3.63, 3.8) is 0 Å². The van der Waals surface area contributed by atoms with Crippen LogP contribution < -0.4 is 17.0 Å². The van der Waals surface area contributed by atoms with E-state index in [1.54, 1.807) is 17.8 Å². The highest BCUT2D eigenvalue weighted by Crippen LogP contribution is 2.31. The van der Waals surface area contributed by atoms with Gasteiger partial charge in [-0.3, -0.25) is 14.7 Å². The number of fused-ring (bicyclic) bond motifs is 3. The topological polar surface area (TPSA) is 174 Å². The number of primary amides is 1. The smallest absolute Gasteiger partial charge is 0.291 e. The van der Waals surface area contributed by atoms with Gasteiger partial charge in [0.25, 0.3) is 11.5 Å². The van der Waals surface area contributed by atoms with Gasteiger partial charge in [0.15, 0.2) is 5.65 Å². The Bertz CT molecular complexity index is 1350. The molecule has 0 saturated heterocycles. The van der Waals surface area contributed by atoms with Crippen molar-refractivity contribution in [3.8, 4) is 0 Å². The van der Waals surface area contributed by atoms with Gasteiger partial charge in [0.05, 0.1) is 34.9 Å². The van der Waals surface area contributed by atoms with Crippen molar-refractivity contribution in [1.82, 2.24) is 29.5 Å². The summed E-state index contributed by atoms with van der Waals surface area (Å²) >= 11 is 1.43. The van der Waals surface area contributed by atoms with Gasteiger partial charge in [-0.25, -0.2) is 9.67 Å². The molecule has 1 amide bonds. The third-order valence-corrected chi connectivity index (χ3v) is 5.59. The van der Waals surface area contributed by atoms with Gasteiger partial charge in [0.2, 0.25) is 0 Å². The predicted molar refractivity (Wildman–Crippen MR) is 109 cm³/mol. The largest absolute Gasteiger partial charge is 0.402 e. The molecule has 0 aliphatic heterocycles. The van der Waals surface area contributed by atoms with Gasteiger partial charge in [-0.05, 0) is 6.08 Å². The normalized spacial score (nSPS) is 12.1. The molecule has 4 aromatic heterocycles. The van der Waals surface area contributed by atoms with Gasteiger partial charge in [-0.2, -0.15) is 10.2 Å². The number of hydrogen-bond acceptors (Lipinski definition) is 8. The molecule has 0 aliphatic rings. The lowest BCUT2D eigenvalue weighted by Gasteiger charge is -2.05. The number of carbonyl (C=O) groups is 1. The molecule has 0 atom stereocenters. The maximum atomic E-state index is 13.0. The fraction of sp³-hybridized carbons (Fsp3) is 0.176. The summed E-state index contributed by atoms with van der Waals surface area (Å²) < 4.78 is 3.82. The highest BCUT2D eigenvalue weighted by molar-refractivity contribution is 7.19. The van der Waals surface area contributed by atoms with E-state index in [0.717, 1.165) is 15.9 Å². The van der Waals surface area contributed by atoms with Crippen LogP contribution in [0.15, 0.2) is 29.0 Å². The Hall–Kier alpha value is -3.80. The molecule has 29 heavy (non-hydrogen) atoms. The molecule has 148 valence electrons. The number of hydrogen-bond donors (Lipinski definition) is 4. The number of carbonyl (C=O) groups excluding carboxylic acids is 1. The number of aromatic amines is 1. The summed E-state index contributed by atoms with van der Waals surface area (Å²) in [5, 5.41) is 19.3. The third kappa shape index (κ3) is 3.08. The Balaban J connectivity index is 1.79. The van der Waals surface area contributed by atoms with E-state index in [1.165, 1.54) is 28.3 Å². The lowest BCUT2D eigenvalue weighted by molar-refractivity contribution is 0.0999. The second-order valence-electron chi connectivity index (χ2n) is 6.40. The number of allylic oxidation sites excluding steroid dienone is 2. The van der Waals surface area contributed by atoms with Crippen LogP contribution in [0.5, 0.6) is 0 Å². The molecule has 4 heterocycles. The molecule has 4 rings (SSSR count). The van der Waals surface area contributed by atoms with Crippen molar-refractivity contribution in [1.29, 1.82) is 5.41 Å². The molecule has 0 saturated carbocycles. The molecule has 0 radical (unpaired) electrons. The van der Waals surface area contributed by atoms with E-state index in [0.29, 0.717) is 34.4 Å². The molecular formula is C17H17N9O2S. The van der Waals surface area contributed by atoms with Crippen LogP contribution in [0.25, 0.3) is 21.3 Å². The molecule has 0 spiro atoms. The number of aryl methyl sites for hydroxylation is 1. The fourth-order valence-electron chi connectivity index (χ4n) is 3.16. The summed E-state index contributed by atoms with van der Waals surface area (Å²) in [6.07, 6.45) is 6.01. The van der Waals surface area contributed by atoms with E-state index in [9.17, 15) is 9.59 Å². The van der Waals surface area contributed by atoms with Crippen LogP contribution in [0.3, 0.4) is 0 Å². The summed E-state index contributed by atoms with van der Waals surface area (Å²) in [4.78, 5) is 29.1. The molecule has 12 heteroatoms. The molecule has 6 N–H and O–H groups in total. The van der Waals surface area contributed by atoms with Gasteiger partial charge in [-0.15, -0.1) is 11.3 Å². The van der Waals surface area contributed by atoms with Crippen LogP contribution in [0.4, 0.5) is 0 Å². The first-order valence-corrected chi connectivity index (χ1v) is 9.33. The Morgan fingerprint density at radius 1 is 1.38 bits per heavy atom. The molecule has 0 aliphatic carbocycles. The van der Waals surface area contributed by atoms with Gasteiger partial charge in [-0.1, -0.05) is 0 Å². The van der Waals surface area contributed by atoms with Crippen molar-refractivity contribution in [2.24, 2.45) is 18.5 Å². The molecule has 0 aromatic carbocycles. The number of nitrogens with two attached hydrogens (primary N) is 2. The highest BCUT2D eigenvalue weighted by atomic mass is 32.1. The lowest BCUT2D eigenvalue weighted by atomic mass is 10.2. The van der Waals surface area contributed by atoms with Gasteiger partial charge < -0.3 is 21.4 Å². The number of amides is 1. The SMILES string of the molecule is Cn1c2nc(CC(N)=CC=N)sc2c2cnn(Cc3[nH]ncc3C(N)=O)c(=O)c21. The van der Waals surface area contributed by atoms with E-state index >= 15 is 0 Å². The number of nitrogens with one attached hydrogen (secondary N) is 2. The first kappa shape index (κ1) is 18.6. The predicted octanol–water partition coefficient (Wildman–Crippen LogP) is 0.250. The van der Waals surface area contributed by atoms with E-state index in [-0.39, 0.29) is 17.7 Å². The Morgan fingerprint density at radius 2 is 2.17 bits per heavy atom. The maximum absolute atomic E-state index is 13.0. The van der Waals surface area contributed by atoms with Crippen LogP contribution in [0.1, 0.15) is 21.1 Å². The number of H-pyrrole nitrogens is 1. The second-order valence-corrected chi connectivity index (χ2v) is 7.48. The van der Waals surface area contributed by atoms with Crippen LogP contribution >= 0.6 is 11.3 Å². The number of thiazole rings is 1. The monoisotopic (exact) mass is 411 g/mol. The summed E-state index contributed by atoms with van der Waals surface area (Å²) in [6, 6.07) is 0. The number of nitrogens with zero attached hydrogens (tertiary/aromatic N) is 5. The van der Waals surface area contributed by atoms with Gasteiger partial charge in [0, 0.05) is 30.8 Å². The van der Waals surface area contributed by atoms with Crippen molar-refractivity contribution in [2.45, 2.75) is 13.0 Å². The average Bonchev–Trinajstić information content (AvgIpc) is 3.34. The Kier molecular flexibility index (Phi) is 4.47. The first-order valence-electron chi connectivity index (χ1n) is 8.51. The zero-order valence-corrected chi connectivity index (χ0v) is 16.2. The molecule has 4 aromatic rings. The number of rotatable bonds is 6. The molecule has 0 bridgehead atoms. The van der Waals surface area contributed by atoms with Crippen molar-refractivity contribution in [2.75, 3.05) is 0 Å². The van der Waals surface area contributed by atoms with E-state index in [4.69, 9.17) is 16.9 Å². The minimum atomic E-state index is -0.629. The van der Waals surface area contributed by atoms with Crippen LogP contribution in [-0.4, -0.2) is 41.7 Å². The van der Waals surface area contributed by atoms with Crippen molar-refractivity contribution < 1.29 is 4.79 Å². The summed E-state index contributed by atoms with van der Waals surface area (Å²) in [7, 11) is 1.77. The zero-order valence-electron chi connectivity index (χ0n) is 15.3. The summed E-state index contributed by atoms with van der Waals surface area (Å²) in [5.41, 5.74) is 13.2. The molecule has 0 unspecified atom stereocenters. The summed E-state index contributed by atoms with van der Waals surface area (Å²) in [6.45, 7) is 0.0372. The van der Waals surface area contributed by atoms with E-state index in [1.807, 2.05) is 0 Å². The summed E-state index contributed by atoms with van der Waals surface area (Å²) in [5.74, 6) is -0.629. The van der Waals surface area contributed by atoms with Gasteiger partial charge in [0.1, 0.15) is 10.5 Å². The van der Waals surface area contributed by atoms with Crippen molar-refractivity contribution >= 4 is 44.7 Å². The lowest BCUT2D eigenvalue weighted by Crippen LogP contribution is -2.26. The average molecular weight is 411 g/mol. The quantitative estimate of drug-likeness (QED) is 0.331. The molecule has 11 nitrogen and oxygen atoms in total. The zero-order chi connectivity index (χ0) is 20.7. The highest BCUT2D eigenvalue weighted by Gasteiger charge is 2.19. The number of aromatic nitrogens is 6. The van der Waals surface area contributed by atoms with E-state index in [2.05, 4.69) is 20.3 Å². The minimum Gasteiger partial charge on any atom is -0.402 e. The second kappa shape index (κ2) is 6.98. The maximum Gasteiger partial charge on any atom is 0.291 e. The molecule has 0 fully saturated rings. The molecular weight excluding hydrogens is 394 g/mol. The Labute approximate surface area is 167 Å². The van der Waals surface area contributed by atoms with Crippen LogP contribution in [0, 0.1) is 5.41 Å².